The molecular formula is C21H19ClF3N3OS. The van der Waals surface area contributed by atoms with Crippen molar-refractivity contribution in [2.24, 2.45) is 5.41 Å². The number of carbonyl (C=O) groups excluding carboxylic acids is 1. The van der Waals surface area contributed by atoms with Gasteiger partial charge >= 0.3 is 6.18 Å². The Kier molecular flexibility index (Phi) is 6.29. The summed E-state index contributed by atoms with van der Waals surface area (Å²) in [5, 5.41) is 8.82. The number of hydrogen-bond acceptors (Lipinski definition) is 4. The Morgan fingerprint density at radius 1 is 1.07 bits per heavy atom. The number of aromatic nitrogens is 3. The second-order valence-electron chi connectivity index (χ2n) is 7.63. The monoisotopic (exact) mass is 453 g/mol. The molecule has 0 unspecified atom stereocenters. The van der Waals surface area contributed by atoms with Crippen molar-refractivity contribution < 1.29 is 18.0 Å². The molecule has 0 fully saturated rings. The Morgan fingerprint density at radius 3 is 2.40 bits per heavy atom. The summed E-state index contributed by atoms with van der Waals surface area (Å²) in [6.07, 6.45) is -4.57. The summed E-state index contributed by atoms with van der Waals surface area (Å²) in [5.41, 5.74) is -0.994. The van der Waals surface area contributed by atoms with Gasteiger partial charge in [0.1, 0.15) is 5.78 Å². The van der Waals surface area contributed by atoms with Gasteiger partial charge in [-0.25, -0.2) is 0 Å². The zero-order valence-corrected chi connectivity index (χ0v) is 18.1. The first kappa shape index (κ1) is 22.4. The van der Waals surface area contributed by atoms with Crippen LogP contribution in [0.25, 0.3) is 17.1 Å². The van der Waals surface area contributed by atoms with E-state index in [1.54, 1.807) is 45.0 Å². The van der Waals surface area contributed by atoms with Crippen LogP contribution in [0.15, 0.2) is 53.7 Å². The van der Waals surface area contributed by atoms with E-state index in [1.165, 1.54) is 22.8 Å². The van der Waals surface area contributed by atoms with Crippen molar-refractivity contribution in [3.8, 4) is 17.1 Å². The van der Waals surface area contributed by atoms with E-state index in [-0.39, 0.29) is 28.2 Å². The van der Waals surface area contributed by atoms with Crippen molar-refractivity contribution in [1.29, 1.82) is 0 Å². The van der Waals surface area contributed by atoms with Gasteiger partial charge in [0.05, 0.1) is 17.0 Å². The number of alkyl halides is 3. The van der Waals surface area contributed by atoms with Crippen LogP contribution < -0.4 is 0 Å². The standard InChI is InChI=1S/C21H19ClF3N3OS/c1-20(2,3)17(29)12-30-19-27-26-18(13-7-6-8-14(22)11-13)28(19)16-10-5-4-9-15(16)21(23,24)25/h4-11H,12H2,1-3H3. The van der Waals surface area contributed by atoms with Crippen LogP contribution in [0.1, 0.15) is 26.3 Å². The topological polar surface area (TPSA) is 47.8 Å². The molecule has 3 rings (SSSR count). The maximum Gasteiger partial charge on any atom is 0.418 e. The minimum atomic E-state index is -4.57. The third-order valence-electron chi connectivity index (χ3n) is 4.34. The normalized spacial score (nSPS) is 12.2. The van der Waals surface area contributed by atoms with Gasteiger partial charge in [0, 0.05) is 16.0 Å². The van der Waals surface area contributed by atoms with Crippen LogP contribution in [-0.2, 0) is 11.0 Å². The molecule has 0 spiro atoms. The van der Waals surface area contributed by atoms with E-state index in [0.717, 1.165) is 17.8 Å². The number of para-hydroxylation sites is 1. The maximum atomic E-state index is 13.7. The summed E-state index contributed by atoms with van der Waals surface area (Å²) < 4.78 is 42.4. The first-order valence-corrected chi connectivity index (χ1v) is 10.4. The summed E-state index contributed by atoms with van der Waals surface area (Å²) in [5.74, 6) is 0.223. The molecule has 9 heteroatoms. The molecule has 4 nitrogen and oxygen atoms in total. The van der Waals surface area contributed by atoms with Crippen molar-refractivity contribution in [2.45, 2.75) is 32.1 Å². The van der Waals surface area contributed by atoms with Crippen LogP contribution >= 0.6 is 23.4 Å². The molecule has 0 aliphatic heterocycles. The molecule has 0 saturated carbocycles. The molecule has 0 aliphatic carbocycles. The Morgan fingerprint density at radius 2 is 1.77 bits per heavy atom. The SMILES string of the molecule is CC(C)(C)C(=O)CSc1nnc(-c2cccc(Cl)c2)n1-c1ccccc1C(F)(F)F. The Hall–Kier alpha value is -2.32. The van der Waals surface area contributed by atoms with Gasteiger partial charge in [-0.05, 0) is 24.3 Å². The number of Topliss-reactive ketones (excluding diaryl/α,β-unsaturated/α-hetero) is 1. The lowest BCUT2D eigenvalue weighted by molar-refractivity contribution is -0.137. The number of carbonyl (C=O) groups is 1. The largest absolute Gasteiger partial charge is 0.418 e. The van der Waals surface area contributed by atoms with E-state index in [1.807, 2.05) is 0 Å². The van der Waals surface area contributed by atoms with Crippen LogP contribution in [-0.4, -0.2) is 26.3 Å². The lowest BCUT2D eigenvalue weighted by Gasteiger charge is -2.18. The second-order valence-corrected chi connectivity index (χ2v) is 9.01. The first-order valence-electron chi connectivity index (χ1n) is 9.02. The number of halogens is 4. The van der Waals surface area contributed by atoms with Gasteiger partial charge in [-0.1, -0.05) is 68.4 Å². The van der Waals surface area contributed by atoms with E-state index in [0.29, 0.717) is 10.6 Å². The summed E-state index contributed by atoms with van der Waals surface area (Å²) in [6.45, 7) is 5.37. The van der Waals surface area contributed by atoms with Gasteiger partial charge in [0.25, 0.3) is 0 Å². The predicted molar refractivity (Wildman–Crippen MR) is 112 cm³/mol. The number of nitrogens with zero attached hydrogens (tertiary/aromatic N) is 3. The van der Waals surface area contributed by atoms with Crippen LogP contribution in [0.5, 0.6) is 0 Å². The fraction of sp³-hybridized carbons (Fsp3) is 0.286. The maximum absolute atomic E-state index is 13.7. The average molecular weight is 454 g/mol. The first-order chi connectivity index (χ1) is 14.0. The van der Waals surface area contributed by atoms with Crippen LogP contribution in [0.4, 0.5) is 13.2 Å². The molecular weight excluding hydrogens is 435 g/mol. The molecule has 30 heavy (non-hydrogen) atoms. The quantitative estimate of drug-likeness (QED) is 0.424. The van der Waals surface area contributed by atoms with E-state index in [2.05, 4.69) is 10.2 Å². The third-order valence-corrected chi connectivity index (χ3v) is 5.50. The van der Waals surface area contributed by atoms with Crippen molar-refractivity contribution in [3.63, 3.8) is 0 Å². The smallest absolute Gasteiger partial charge is 0.298 e. The van der Waals surface area contributed by atoms with Crippen molar-refractivity contribution in [3.05, 3.63) is 59.1 Å². The zero-order valence-electron chi connectivity index (χ0n) is 16.5. The summed E-state index contributed by atoms with van der Waals surface area (Å²) in [7, 11) is 0. The van der Waals surface area contributed by atoms with E-state index in [4.69, 9.17) is 11.6 Å². The molecule has 0 radical (unpaired) electrons. The minimum Gasteiger partial charge on any atom is -0.298 e. The molecule has 0 bridgehead atoms. The van der Waals surface area contributed by atoms with Gasteiger partial charge in [-0.2, -0.15) is 13.2 Å². The number of thioether (sulfide) groups is 1. The molecule has 1 heterocycles. The van der Waals surface area contributed by atoms with Gasteiger partial charge in [-0.3, -0.25) is 9.36 Å². The molecule has 0 N–H and O–H groups in total. The summed E-state index contributed by atoms with van der Waals surface area (Å²) in [4.78, 5) is 12.4. The molecule has 3 aromatic rings. The molecule has 0 atom stereocenters. The average Bonchev–Trinajstić information content (AvgIpc) is 3.08. The molecule has 0 saturated heterocycles. The summed E-state index contributed by atoms with van der Waals surface area (Å²) in [6, 6.07) is 11.8. The fourth-order valence-electron chi connectivity index (χ4n) is 2.65. The molecule has 0 amide bonds. The fourth-order valence-corrected chi connectivity index (χ4v) is 3.95. The van der Waals surface area contributed by atoms with E-state index >= 15 is 0 Å². The Labute approximate surface area is 181 Å². The molecule has 1 aromatic heterocycles. The zero-order chi connectivity index (χ0) is 22.1. The van der Waals surface area contributed by atoms with Crippen LogP contribution in [0, 0.1) is 5.41 Å². The lowest BCUT2D eigenvalue weighted by atomic mass is 9.92. The van der Waals surface area contributed by atoms with Gasteiger partial charge in [0.15, 0.2) is 11.0 Å². The van der Waals surface area contributed by atoms with E-state index < -0.39 is 17.2 Å². The number of hydrogen-bond donors (Lipinski definition) is 0. The third kappa shape index (κ3) is 4.87. The number of ketones is 1. The van der Waals surface area contributed by atoms with Crippen molar-refractivity contribution >= 4 is 29.1 Å². The highest BCUT2D eigenvalue weighted by atomic mass is 35.5. The molecule has 158 valence electrons. The van der Waals surface area contributed by atoms with Gasteiger partial charge < -0.3 is 0 Å². The van der Waals surface area contributed by atoms with Gasteiger partial charge in [0.2, 0.25) is 0 Å². The van der Waals surface area contributed by atoms with Gasteiger partial charge in [-0.15, -0.1) is 10.2 Å². The highest BCUT2D eigenvalue weighted by Crippen LogP contribution is 2.37. The molecule has 0 aliphatic rings. The van der Waals surface area contributed by atoms with Crippen LogP contribution in [0.2, 0.25) is 5.02 Å². The molecule has 2 aromatic carbocycles. The highest BCUT2D eigenvalue weighted by Gasteiger charge is 2.35. The second kappa shape index (κ2) is 8.43. The number of benzene rings is 2. The Bertz CT molecular complexity index is 1070. The Balaban J connectivity index is 2.16. The van der Waals surface area contributed by atoms with Crippen molar-refractivity contribution in [1.82, 2.24) is 14.8 Å². The highest BCUT2D eigenvalue weighted by molar-refractivity contribution is 7.99. The lowest BCUT2D eigenvalue weighted by Crippen LogP contribution is -2.22. The van der Waals surface area contributed by atoms with E-state index in [9.17, 15) is 18.0 Å². The number of rotatable bonds is 5. The minimum absolute atomic E-state index is 0.0459. The van der Waals surface area contributed by atoms with Crippen molar-refractivity contribution in [2.75, 3.05) is 5.75 Å². The predicted octanol–water partition coefficient (Wildman–Crippen LogP) is 6.31. The summed E-state index contributed by atoms with van der Waals surface area (Å²) >= 11 is 7.12. The van der Waals surface area contributed by atoms with Crippen LogP contribution in [0.3, 0.4) is 0 Å².